The summed E-state index contributed by atoms with van der Waals surface area (Å²) in [7, 11) is 0. The van der Waals surface area contributed by atoms with E-state index in [0.717, 1.165) is 24.7 Å². The standard InChI is InChI=1S/C14H13ClF2N4/c1-14(16,17)9-2-10(15)4-11(3-9)20-13-19-6-8-5-18-7-12(8)21-13/h2-4,6,18H,5,7H2,1H3,(H,19,20,21). The predicted molar refractivity (Wildman–Crippen MR) is 76.9 cm³/mol. The highest BCUT2D eigenvalue weighted by Crippen LogP contribution is 2.32. The van der Waals surface area contributed by atoms with Crippen LogP contribution in [-0.4, -0.2) is 9.97 Å². The highest BCUT2D eigenvalue weighted by atomic mass is 35.5. The molecule has 1 aromatic carbocycles. The van der Waals surface area contributed by atoms with Crippen LogP contribution in [0.25, 0.3) is 0 Å². The Morgan fingerprint density at radius 2 is 2.10 bits per heavy atom. The van der Waals surface area contributed by atoms with Crippen LogP contribution in [0.2, 0.25) is 5.02 Å². The fraction of sp³-hybridized carbons (Fsp3) is 0.286. The Hall–Kier alpha value is -1.79. The molecule has 2 N–H and O–H groups in total. The lowest BCUT2D eigenvalue weighted by atomic mass is 10.1. The van der Waals surface area contributed by atoms with Gasteiger partial charge in [-0.15, -0.1) is 0 Å². The molecule has 4 nitrogen and oxygen atoms in total. The van der Waals surface area contributed by atoms with Crippen molar-refractivity contribution in [3.05, 3.63) is 46.2 Å². The predicted octanol–water partition coefficient (Wildman–Crippen LogP) is 3.59. The molecule has 1 aromatic heterocycles. The van der Waals surface area contributed by atoms with Crippen LogP contribution in [-0.2, 0) is 19.0 Å². The van der Waals surface area contributed by atoms with Crippen molar-refractivity contribution >= 4 is 23.2 Å². The first-order valence-electron chi connectivity index (χ1n) is 6.43. The summed E-state index contributed by atoms with van der Waals surface area (Å²) in [5.74, 6) is -2.59. The second-order valence-electron chi connectivity index (χ2n) is 5.01. The summed E-state index contributed by atoms with van der Waals surface area (Å²) in [6.07, 6.45) is 1.73. The topological polar surface area (TPSA) is 49.8 Å². The van der Waals surface area contributed by atoms with Gasteiger partial charge in [-0.1, -0.05) is 11.6 Å². The Morgan fingerprint density at radius 3 is 2.86 bits per heavy atom. The molecule has 0 spiro atoms. The summed E-state index contributed by atoms with van der Waals surface area (Å²) in [6.45, 7) is 2.26. The molecule has 2 aromatic rings. The molecule has 3 rings (SSSR count). The number of nitrogens with one attached hydrogen (secondary N) is 2. The molecule has 0 saturated heterocycles. The van der Waals surface area contributed by atoms with Crippen molar-refractivity contribution in [2.24, 2.45) is 0 Å². The smallest absolute Gasteiger partial charge is 0.270 e. The van der Waals surface area contributed by atoms with Gasteiger partial charge in [-0.05, 0) is 18.2 Å². The minimum absolute atomic E-state index is 0.152. The summed E-state index contributed by atoms with van der Waals surface area (Å²) < 4.78 is 26.8. The number of halogens is 3. The summed E-state index contributed by atoms with van der Waals surface area (Å²) in [6, 6.07) is 4.16. The lowest BCUT2D eigenvalue weighted by Crippen LogP contribution is -2.08. The number of alkyl halides is 2. The van der Waals surface area contributed by atoms with Gasteiger partial charge in [-0.25, -0.2) is 18.7 Å². The van der Waals surface area contributed by atoms with Crippen molar-refractivity contribution in [3.8, 4) is 0 Å². The number of benzene rings is 1. The molecule has 0 bridgehead atoms. The van der Waals surface area contributed by atoms with Crippen molar-refractivity contribution in [1.29, 1.82) is 0 Å². The second-order valence-corrected chi connectivity index (χ2v) is 5.45. The summed E-state index contributed by atoms with van der Waals surface area (Å²) in [5.41, 5.74) is 2.24. The van der Waals surface area contributed by atoms with Gasteiger partial charge >= 0.3 is 0 Å². The van der Waals surface area contributed by atoms with E-state index in [1.807, 2.05) is 0 Å². The summed E-state index contributed by atoms with van der Waals surface area (Å²) in [5, 5.41) is 6.32. The molecule has 0 aliphatic carbocycles. The lowest BCUT2D eigenvalue weighted by Gasteiger charge is -2.13. The molecule has 0 amide bonds. The van der Waals surface area contributed by atoms with Crippen LogP contribution in [0.4, 0.5) is 20.4 Å². The summed E-state index contributed by atoms with van der Waals surface area (Å²) in [4.78, 5) is 8.53. The zero-order valence-corrected chi connectivity index (χ0v) is 12.0. The Balaban J connectivity index is 1.89. The number of nitrogens with zero attached hydrogens (tertiary/aromatic N) is 2. The van der Waals surface area contributed by atoms with E-state index < -0.39 is 5.92 Å². The molecule has 0 radical (unpaired) electrons. The third-order valence-corrected chi connectivity index (χ3v) is 3.44. The van der Waals surface area contributed by atoms with E-state index >= 15 is 0 Å². The normalized spacial score (nSPS) is 14.1. The van der Waals surface area contributed by atoms with Crippen LogP contribution in [0.3, 0.4) is 0 Å². The van der Waals surface area contributed by atoms with Crippen molar-refractivity contribution in [2.45, 2.75) is 25.9 Å². The third-order valence-electron chi connectivity index (χ3n) is 3.22. The number of rotatable bonds is 3. The summed E-state index contributed by atoms with van der Waals surface area (Å²) >= 11 is 5.89. The van der Waals surface area contributed by atoms with E-state index in [1.54, 1.807) is 12.3 Å². The Morgan fingerprint density at radius 1 is 1.29 bits per heavy atom. The van der Waals surface area contributed by atoms with Crippen LogP contribution < -0.4 is 10.6 Å². The molecule has 1 aliphatic rings. The Labute approximate surface area is 125 Å². The van der Waals surface area contributed by atoms with E-state index in [2.05, 4.69) is 20.6 Å². The number of aromatic nitrogens is 2. The van der Waals surface area contributed by atoms with Crippen molar-refractivity contribution < 1.29 is 8.78 Å². The molecule has 21 heavy (non-hydrogen) atoms. The molecule has 0 saturated carbocycles. The van der Waals surface area contributed by atoms with Crippen molar-refractivity contribution in [2.75, 3.05) is 5.32 Å². The third kappa shape index (κ3) is 3.11. The molecular weight excluding hydrogens is 298 g/mol. The molecule has 2 heterocycles. The van der Waals surface area contributed by atoms with Crippen LogP contribution >= 0.6 is 11.6 Å². The SMILES string of the molecule is CC(F)(F)c1cc(Cl)cc(Nc2ncc3c(n2)CNC3)c1. The maximum absolute atomic E-state index is 13.4. The molecular formula is C14H13ClF2N4. The maximum Gasteiger partial charge on any atom is 0.270 e. The number of fused-ring (bicyclic) bond motifs is 1. The van der Waals surface area contributed by atoms with Crippen molar-refractivity contribution in [1.82, 2.24) is 15.3 Å². The zero-order chi connectivity index (χ0) is 15.0. The van der Waals surface area contributed by atoms with Gasteiger partial charge in [-0.3, -0.25) is 0 Å². The lowest BCUT2D eigenvalue weighted by molar-refractivity contribution is 0.0175. The van der Waals surface area contributed by atoms with Gasteiger partial charge in [0, 0.05) is 48.0 Å². The minimum atomic E-state index is -2.95. The highest BCUT2D eigenvalue weighted by Gasteiger charge is 2.25. The van der Waals surface area contributed by atoms with Crippen LogP contribution in [0.15, 0.2) is 24.4 Å². The minimum Gasteiger partial charge on any atom is -0.324 e. The van der Waals surface area contributed by atoms with Gasteiger partial charge < -0.3 is 10.6 Å². The van der Waals surface area contributed by atoms with E-state index in [-0.39, 0.29) is 10.6 Å². The maximum atomic E-state index is 13.4. The van der Waals surface area contributed by atoms with Crippen LogP contribution in [0, 0.1) is 0 Å². The number of anilines is 2. The molecule has 0 atom stereocenters. The first-order valence-corrected chi connectivity index (χ1v) is 6.81. The Bertz CT molecular complexity index is 685. The fourth-order valence-electron chi connectivity index (χ4n) is 2.16. The van der Waals surface area contributed by atoms with Crippen molar-refractivity contribution in [3.63, 3.8) is 0 Å². The molecule has 110 valence electrons. The van der Waals surface area contributed by atoms with Gasteiger partial charge in [0.1, 0.15) is 0 Å². The second kappa shape index (κ2) is 5.20. The van der Waals surface area contributed by atoms with E-state index in [0.29, 0.717) is 18.2 Å². The monoisotopic (exact) mass is 310 g/mol. The largest absolute Gasteiger partial charge is 0.324 e. The zero-order valence-electron chi connectivity index (χ0n) is 11.3. The van der Waals surface area contributed by atoms with Gasteiger partial charge in [0.2, 0.25) is 5.95 Å². The Kier molecular flexibility index (Phi) is 3.51. The molecule has 0 fully saturated rings. The average molecular weight is 311 g/mol. The van der Waals surface area contributed by atoms with Crippen LogP contribution in [0.1, 0.15) is 23.7 Å². The van der Waals surface area contributed by atoms with Crippen LogP contribution in [0.5, 0.6) is 0 Å². The number of hydrogen-bond acceptors (Lipinski definition) is 4. The van der Waals surface area contributed by atoms with Gasteiger partial charge in [0.25, 0.3) is 5.92 Å². The molecule has 7 heteroatoms. The fourth-order valence-corrected chi connectivity index (χ4v) is 2.40. The van der Waals surface area contributed by atoms with E-state index in [1.165, 1.54) is 12.1 Å². The van der Waals surface area contributed by atoms with E-state index in [4.69, 9.17) is 11.6 Å². The number of hydrogen-bond donors (Lipinski definition) is 2. The first kappa shape index (κ1) is 14.2. The molecule has 0 unspecified atom stereocenters. The highest BCUT2D eigenvalue weighted by molar-refractivity contribution is 6.31. The van der Waals surface area contributed by atoms with Gasteiger partial charge in [-0.2, -0.15) is 0 Å². The van der Waals surface area contributed by atoms with Gasteiger partial charge in [0.05, 0.1) is 5.69 Å². The van der Waals surface area contributed by atoms with Gasteiger partial charge in [0.15, 0.2) is 0 Å². The first-order chi connectivity index (χ1) is 9.91. The molecule has 1 aliphatic heterocycles. The average Bonchev–Trinajstić information content (AvgIpc) is 2.84. The quantitative estimate of drug-likeness (QED) is 0.909. The van der Waals surface area contributed by atoms with E-state index in [9.17, 15) is 8.78 Å².